The molecule has 0 spiro atoms. The summed E-state index contributed by atoms with van der Waals surface area (Å²) < 4.78 is 0. The smallest absolute Gasteiger partial charge is 0.245 e. The van der Waals surface area contributed by atoms with Gasteiger partial charge in [-0.15, -0.1) is 0 Å². The Morgan fingerprint density at radius 2 is 2.22 bits per heavy atom. The van der Waals surface area contributed by atoms with Crippen LogP contribution in [0.4, 0.5) is 0 Å². The summed E-state index contributed by atoms with van der Waals surface area (Å²) in [5.41, 5.74) is 6.39. The number of hydrogen-bond acceptors (Lipinski definition) is 3. The van der Waals surface area contributed by atoms with Crippen LogP contribution < -0.4 is 11.2 Å². The van der Waals surface area contributed by atoms with E-state index in [1.165, 1.54) is 5.48 Å². The highest BCUT2D eigenvalue weighted by Gasteiger charge is 2.14. The Morgan fingerprint density at radius 1 is 1.78 bits per heavy atom. The van der Waals surface area contributed by atoms with Gasteiger partial charge in [-0.1, -0.05) is 0 Å². The summed E-state index contributed by atoms with van der Waals surface area (Å²) in [6.45, 7) is 3.42. The maximum Gasteiger partial charge on any atom is 0.245 e. The molecule has 0 saturated heterocycles. The SMILES string of the molecule is CC(C)(N)CC(=O)NO. The van der Waals surface area contributed by atoms with Crippen molar-refractivity contribution in [3.63, 3.8) is 0 Å². The first-order valence-corrected chi connectivity index (χ1v) is 2.67. The van der Waals surface area contributed by atoms with Crippen LogP contribution in [-0.2, 0) is 4.79 Å². The van der Waals surface area contributed by atoms with Crippen molar-refractivity contribution in [1.82, 2.24) is 5.48 Å². The molecule has 0 aromatic rings. The fourth-order valence-corrected chi connectivity index (χ4v) is 0.453. The van der Waals surface area contributed by atoms with E-state index in [2.05, 4.69) is 0 Å². The fourth-order valence-electron chi connectivity index (χ4n) is 0.453. The quantitative estimate of drug-likeness (QED) is 0.354. The first-order valence-electron chi connectivity index (χ1n) is 2.67. The van der Waals surface area contributed by atoms with Crippen molar-refractivity contribution >= 4 is 5.91 Å². The molecule has 0 saturated carbocycles. The van der Waals surface area contributed by atoms with Crippen LogP contribution in [0.5, 0.6) is 0 Å². The first-order chi connectivity index (χ1) is 3.95. The lowest BCUT2D eigenvalue weighted by Crippen LogP contribution is -2.38. The molecule has 0 aromatic heterocycles. The van der Waals surface area contributed by atoms with Crippen molar-refractivity contribution in [2.45, 2.75) is 25.8 Å². The predicted molar refractivity (Wildman–Crippen MR) is 32.8 cm³/mol. The van der Waals surface area contributed by atoms with Gasteiger partial charge in [0.2, 0.25) is 5.91 Å². The van der Waals surface area contributed by atoms with Gasteiger partial charge in [0.1, 0.15) is 0 Å². The van der Waals surface area contributed by atoms with Crippen molar-refractivity contribution in [2.24, 2.45) is 5.73 Å². The number of nitrogens with two attached hydrogens (primary N) is 1. The second-order valence-electron chi connectivity index (χ2n) is 2.70. The van der Waals surface area contributed by atoms with Crippen LogP contribution in [0.15, 0.2) is 0 Å². The van der Waals surface area contributed by atoms with Crippen molar-refractivity contribution in [3.05, 3.63) is 0 Å². The van der Waals surface area contributed by atoms with Gasteiger partial charge in [-0.2, -0.15) is 0 Å². The molecule has 0 atom stereocenters. The summed E-state index contributed by atoms with van der Waals surface area (Å²) in [5, 5.41) is 8.04. The second-order valence-corrected chi connectivity index (χ2v) is 2.70. The lowest BCUT2D eigenvalue weighted by atomic mass is 10.0. The predicted octanol–water partition coefficient (Wildman–Crippen LogP) is -0.381. The standard InChI is InChI=1S/C5H12N2O2/c1-5(2,6)3-4(8)7-9/h9H,3,6H2,1-2H3,(H,7,8). The molecule has 0 unspecified atom stereocenters. The molecule has 4 N–H and O–H groups in total. The Labute approximate surface area is 54.0 Å². The minimum Gasteiger partial charge on any atom is -0.325 e. The highest BCUT2D eigenvalue weighted by Crippen LogP contribution is 2.01. The minimum absolute atomic E-state index is 0.128. The summed E-state index contributed by atoms with van der Waals surface area (Å²) >= 11 is 0. The normalized spacial score (nSPS) is 11.1. The van der Waals surface area contributed by atoms with Crippen LogP contribution in [0.25, 0.3) is 0 Å². The summed E-state index contributed by atoms with van der Waals surface area (Å²) in [6.07, 6.45) is 0.128. The molecule has 9 heavy (non-hydrogen) atoms. The van der Waals surface area contributed by atoms with Crippen molar-refractivity contribution in [2.75, 3.05) is 0 Å². The Kier molecular flexibility index (Phi) is 2.61. The number of amides is 1. The van der Waals surface area contributed by atoms with Gasteiger partial charge in [0.25, 0.3) is 0 Å². The van der Waals surface area contributed by atoms with Crippen LogP contribution in [0.1, 0.15) is 20.3 Å². The lowest BCUT2D eigenvalue weighted by molar-refractivity contribution is -0.130. The van der Waals surface area contributed by atoms with Gasteiger partial charge in [0, 0.05) is 12.0 Å². The van der Waals surface area contributed by atoms with Gasteiger partial charge in [0.15, 0.2) is 0 Å². The summed E-state index contributed by atoms with van der Waals surface area (Å²) in [5.74, 6) is -0.456. The molecule has 0 heterocycles. The summed E-state index contributed by atoms with van der Waals surface area (Å²) in [4.78, 5) is 10.4. The largest absolute Gasteiger partial charge is 0.325 e. The lowest BCUT2D eigenvalue weighted by Gasteiger charge is -2.15. The fraction of sp³-hybridized carbons (Fsp3) is 0.800. The van der Waals surface area contributed by atoms with E-state index in [1.807, 2.05) is 0 Å². The van der Waals surface area contributed by atoms with E-state index in [4.69, 9.17) is 10.9 Å². The van der Waals surface area contributed by atoms with E-state index >= 15 is 0 Å². The van der Waals surface area contributed by atoms with Gasteiger partial charge in [-0.05, 0) is 13.8 Å². The Morgan fingerprint density at radius 3 is 2.33 bits per heavy atom. The zero-order chi connectivity index (χ0) is 7.49. The molecule has 0 aliphatic carbocycles. The number of hydroxylamine groups is 1. The Bertz CT molecular complexity index is 106. The van der Waals surface area contributed by atoms with Crippen molar-refractivity contribution < 1.29 is 10.0 Å². The van der Waals surface area contributed by atoms with Crippen LogP contribution in [0.3, 0.4) is 0 Å². The second kappa shape index (κ2) is 2.80. The van der Waals surface area contributed by atoms with Gasteiger partial charge >= 0.3 is 0 Å². The van der Waals surface area contributed by atoms with Crippen LogP contribution in [0.2, 0.25) is 0 Å². The van der Waals surface area contributed by atoms with Crippen LogP contribution in [-0.4, -0.2) is 16.7 Å². The Hall–Kier alpha value is -0.610. The Balaban J connectivity index is 3.60. The third kappa shape index (κ3) is 5.26. The molecule has 0 rings (SSSR count). The third-order valence-electron chi connectivity index (χ3n) is 0.741. The maximum absolute atomic E-state index is 10.4. The molecule has 4 nitrogen and oxygen atoms in total. The highest BCUT2D eigenvalue weighted by atomic mass is 16.5. The van der Waals surface area contributed by atoms with E-state index in [0.29, 0.717) is 0 Å². The highest BCUT2D eigenvalue weighted by molar-refractivity contribution is 5.75. The summed E-state index contributed by atoms with van der Waals surface area (Å²) in [7, 11) is 0. The van der Waals surface area contributed by atoms with E-state index in [1.54, 1.807) is 13.8 Å². The molecule has 4 heteroatoms. The van der Waals surface area contributed by atoms with E-state index in [0.717, 1.165) is 0 Å². The zero-order valence-electron chi connectivity index (χ0n) is 5.64. The topological polar surface area (TPSA) is 75.4 Å². The monoisotopic (exact) mass is 132 g/mol. The van der Waals surface area contributed by atoms with Crippen LogP contribution >= 0.6 is 0 Å². The molecule has 1 amide bonds. The van der Waals surface area contributed by atoms with Crippen molar-refractivity contribution in [1.29, 1.82) is 0 Å². The number of nitrogens with one attached hydrogen (secondary N) is 1. The number of carbonyl (C=O) groups is 1. The maximum atomic E-state index is 10.4. The molecule has 0 fully saturated rings. The number of rotatable bonds is 2. The average molecular weight is 132 g/mol. The molecular formula is C5H12N2O2. The van der Waals surface area contributed by atoms with Gasteiger partial charge in [-0.25, -0.2) is 5.48 Å². The van der Waals surface area contributed by atoms with E-state index < -0.39 is 11.4 Å². The molecule has 0 aliphatic rings. The first kappa shape index (κ1) is 8.39. The number of hydrogen-bond donors (Lipinski definition) is 3. The van der Waals surface area contributed by atoms with Gasteiger partial charge in [0.05, 0.1) is 0 Å². The molecule has 0 aromatic carbocycles. The average Bonchev–Trinajstić information content (AvgIpc) is 1.62. The van der Waals surface area contributed by atoms with Gasteiger partial charge < -0.3 is 5.73 Å². The van der Waals surface area contributed by atoms with E-state index in [-0.39, 0.29) is 6.42 Å². The third-order valence-corrected chi connectivity index (χ3v) is 0.741. The molecular weight excluding hydrogens is 120 g/mol. The van der Waals surface area contributed by atoms with Crippen LogP contribution in [0, 0.1) is 0 Å². The molecule has 54 valence electrons. The van der Waals surface area contributed by atoms with Gasteiger partial charge in [-0.3, -0.25) is 10.0 Å². The zero-order valence-corrected chi connectivity index (χ0v) is 5.64. The van der Waals surface area contributed by atoms with Crippen molar-refractivity contribution in [3.8, 4) is 0 Å². The number of carbonyl (C=O) groups excluding carboxylic acids is 1. The minimum atomic E-state index is -0.549. The summed E-state index contributed by atoms with van der Waals surface area (Å²) in [6, 6.07) is 0. The molecule has 0 aliphatic heterocycles. The van der Waals surface area contributed by atoms with E-state index in [9.17, 15) is 4.79 Å². The molecule has 0 radical (unpaired) electrons. The molecule has 0 bridgehead atoms.